The molecule has 8 heteroatoms. The lowest BCUT2D eigenvalue weighted by atomic mass is 10.1. The lowest BCUT2D eigenvalue weighted by Gasteiger charge is -2.34. The Morgan fingerprint density at radius 3 is 2.50 bits per heavy atom. The average molecular weight is 414 g/mol. The van der Waals surface area contributed by atoms with Crippen LogP contribution in [-0.2, 0) is 6.42 Å². The largest absolute Gasteiger partial charge is 0.497 e. The predicted octanol–water partition coefficient (Wildman–Crippen LogP) is 1.80. The minimum atomic E-state index is -0.0952. The van der Waals surface area contributed by atoms with Crippen molar-refractivity contribution in [1.29, 1.82) is 0 Å². The lowest BCUT2D eigenvalue weighted by Crippen LogP contribution is -2.50. The van der Waals surface area contributed by atoms with Gasteiger partial charge in [0.05, 0.1) is 7.11 Å². The third-order valence-corrected chi connectivity index (χ3v) is 5.20. The van der Waals surface area contributed by atoms with E-state index < -0.39 is 0 Å². The summed E-state index contributed by atoms with van der Waals surface area (Å²) in [6.45, 7) is 8.50. The Labute approximate surface area is 177 Å². The Kier molecular flexibility index (Phi) is 7.46. The molecule has 1 fully saturated rings. The molecule has 2 aromatic rings. The molecule has 0 atom stereocenters. The van der Waals surface area contributed by atoms with Gasteiger partial charge in [-0.2, -0.15) is 5.10 Å². The summed E-state index contributed by atoms with van der Waals surface area (Å²) < 4.78 is 5.11. The van der Waals surface area contributed by atoms with Crippen molar-refractivity contribution in [2.45, 2.75) is 20.3 Å². The third-order valence-electron chi connectivity index (χ3n) is 5.20. The van der Waals surface area contributed by atoms with Crippen LogP contribution >= 0.6 is 0 Å². The number of carbonyl (C=O) groups is 2. The Balaban J connectivity index is 1.39. The van der Waals surface area contributed by atoms with Gasteiger partial charge in [0, 0.05) is 50.5 Å². The van der Waals surface area contributed by atoms with Crippen LogP contribution in [0.4, 0.5) is 0 Å². The first-order valence-electron chi connectivity index (χ1n) is 10.4. The summed E-state index contributed by atoms with van der Waals surface area (Å²) in [4.78, 5) is 29.0. The van der Waals surface area contributed by atoms with Crippen LogP contribution in [0.5, 0.6) is 5.75 Å². The molecule has 30 heavy (non-hydrogen) atoms. The molecule has 8 nitrogen and oxygen atoms in total. The number of amides is 2. The van der Waals surface area contributed by atoms with E-state index in [9.17, 15) is 9.59 Å². The van der Waals surface area contributed by atoms with E-state index in [0.29, 0.717) is 36.8 Å². The summed E-state index contributed by atoms with van der Waals surface area (Å²) in [5.74, 6) is 1.13. The highest BCUT2D eigenvalue weighted by Crippen LogP contribution is 2.12. The van der Waals surface area contributed by atoms with Crippen LogP contribution in [-0.4, -0.2) is 78.2 Å². The monoisotopic (exact) mass is 413 g/mol. The van der Waals surface area contributed by atoms with E-state index in [0.717, 1.165) is 37.5 Å². The van der Waals surface area contributed by atoms with E-state index in [4.69, 9.17) is 4.74 Å². The molecule has 1 aliphatic rings. The van der Waals surface area contributed by atoms with Crippen LogP contribution in [0.15, 0.2) is 30.3 Å². The molecule has 0 aliphatic carbocycles. The van der Waals surface area contributed by atoms with Gasteiger partial charge in [0.25, 0.3) is 11.8 Å². The summed E-state index contributed by atoms with van der Waals surface area (Å²) in [5.41, 5.74) is 2.10. The smallest absolute Gasteiger partial charge is 0.274 e. The first-order valence-corrected chi connectivity index (χ1v) is 10.4. The molecule has 2 amide bonds. The van der Waals surface area contributed by atoms with Crippen LogP contribution in [0.1, 0.15) is 40.4 Å². The number of nitrogens with one attached hydrogen (secondary N) is 2. The minimum absolute atomic E-state index is 0.0197. The quantitative estimate of drug-likeness (QED) is 0.689. The molecule has 162 valence electrons. The van der Waals surface area contributed by atoms with E-state index in [-0.39, 0.29) is 11.8 Å². The standard InChI is InChI=1S/C22H31N5O3/c1-16(2)14-18-15-20(25-24-18)22(29)27-12-10-26(11-13-27)9-8-23-21(28)17-4-6-19(30-3)7-5-17/h4-7,15-16H,8-14H2,1-3H3,(H,23,28)(H,24,25). The molecule has 0 saturated carbocycles. The topological polar surface area (TPSA) is 90.6 Å². The molecule has 2 heterocycles. The number of H-pyrrole nitrogens is 1. The normalized spacial score (nSPS) is 14.7. The molecule has 0 bridgehead atoms. The number of carbonyl (C=O) groups excluding carboxylic acids is 2. The summed E-state index contributed by atoms with van der Waals surface area (Å²) in [6, 6.07) is 8.91. The minimum Gasteiger partial charge on any atom is -0.497 e. The molecule has 0 spiro atoms. The van der Waals surface area contributed by atoms with Crippen molar-refractivity contribution in [2.24, 2.45) is 5.92 Å². The van der Waals surface area contributed by atoms with Crippen LogP contribution in [0.3, 0.4) is 0 Å². The zero-order valence-electron chi connectivity index (χ0n) is 18.0. The molecule has 1 aliphatic heterocycles. The van der Waals surface area contributed by atoms with Crippen LogP contribution < -0.4 is 10.1 Å². The molecular formula is C22H31N5O3. The molecule has 0 radical (unpaired) electrons. The maximum atomic E-state index is 12.7. The van der Waals surface area contributed by atoms with Gasteiger partial charge >= 0.3 is 0 Å². The summed E-state index contributed by atoms with van der Waals surface area (Å²) in [7, 11) is 1.60. The van der Waals surface area contributed by atoms with Gasteiger partial charge in [-0.15, -0.1) is 0 Å². The zero-order valence-corrected chi connectivity index (χ0v) is 18.0. The third kappa shape index (κ3) is 5.82. The Bertz CT molecular complexity index is 839. The first-order chi connectivity index (χ1) is 14.5. The first kappa shape index (κ1) is 21.8. The van der Waals surface area contributed by atoms with E-state index >= 15 is 0 Å². The SMILES string of the molecule is COc1ccc(C(=O)NCCN2CCN(C(=O)c3cc(CC(C)C)[nH]n3)CC2)cc1. The summed E-state index contributed by atoms with van der Waals surface area (Å²) >= 11 is 0. The van der Waals surface area contributed by atoms with Crippen molar-refractivity contribution in [3.05, 3.63) is 47.3 Å². The number of benzene rings is 1. The average Bonchev–Trinajstić information content (AvgIpc) is 3.21. The number of aromatic nitrogens is 2. The van der Waals surface area contributed by atoms with Gasteiger partial charge in [-0.1, -0.05) is 13.8 Å². The fourth-order valence-electron chi connectivity index (χ4n) is 3.52. The highest BCUT2D eigenvalue weighted by atomic mass is 16.5. The van der Waals surface area contributed by atoms with Gasteiger partial charge in [-0.25, -0.2) is 0 Å². The maximum absolute atomic E-state index is 12.7. The number of methoxy groups -OCH3 is 1. The van der Waals surface area contributed by atoms with Crippen molar-refractivity contribution in [3.63, 3.8) is 0 Å². The maximum Gasteiger partial charge on any atom is 0.274 e. The van der Waals surface area contributed by atoms with Crippen LogP contribution in [0.2, 0.25) is 0 Å². The van der Waals surface area contributed by atoms with E-state index in [1.807, 2.05) is 11.0 Å². The van der Waals surface area contributed by atoms with E-state index in [2.05, 4.69) is 34.3 Å². The molecule has 0 unspecified atom stereocenters. The van der Waals surface area contributed by atoms with Gasteiger partial charge in [-0.05, 0) is 42.7 Å². The number of hydrogen-bond donors (Lipinski definition) is 2. The van der Waals surface area contributed by atoms with Gasteiger partial charge < -0.3 is 15.0 Å². The second-order valence-corrected chi connectivity index (χ2v) is 7.99. The van der Waals surface area contributed by atoms with E-state index in [1.54, 1.807) is 31.4 Å². The fourth-order valence-corrected chi connectivity index (χ4v) is 3.52. The van der Waals surface area contributed by atoms with Gasteiger partial charge in [-0.3, -0.25) is 19.6 Å². The summed E-state index contributed by atoms with van der Waals surface area (Å²) in [5, 5.41) is 10.1. The number of piperazine rings is 1. The predicted molar refractivity (Wildman–Crippen MR) is 115 cm³/mol. The molecular weight excluding hydrogens is 382 g/mol. The molecule has 2 N–H and O–H groups in total. The number of hydrogen-bond acceptors (Lipinski definition) is 5. The van der Waals surface area contributed by atoms with Crippen molar-refractivity contribution in [2.75, 3.05) is 46.4 Å². The Hall–Kier alpha value is -2.87. The van der Waals surface area contributed by atoms with E-state index in [1.165, 1.54) is 0 Å². The van der Waals surface area contributed by atoms with Gasteiger partial charge in [0.15, 0.2) is 0 Å². The Morgan fingerprint density at radius 2 is 1.87 bits per heavy atom. The molecule has 1 aromatic heterocycles. The number of ether oxygens (including phenoxy) is 1. The highest BCUT2D eigenvalue weighted by Gasteiger charge is 2.23. The number of rotatable bonds is 8. The molecule has 3 rings (SSSR count). The zero-order chi connectivity index (χ0) is 21.5. The van der Waals surface area contributed by atoms with Gasteiger partial charge in [0.2, 0.25) is 0 Å². The molecule has 1 saturated heterocycles. The van der Waals surface area contributed by atoms with Crippen molar-refractivity contribution in [3.8, 4) is 5.75 Å². The fraction of sp³-hybridized carbons (Fsp3) is 0.500. The van der Waals surface area contributed by atoms with Crippen molar-refractivity contribution < 1.29 is 14.3 Å². The van der Waals surface area contributed by atoms with Crippen LogP contribution in [0.25, 0.3) is 0 Å². The Morgan fingerprint density at radius 1 is 1.17 bits per heavy atom. The number of aromatic amines is 1. The van der Waals surface area contributed by atoms with Crippen molar-refractivity contribution in [1.82, 2.24) is 25.3 Å². The summed E-state index contributed by atoms with van der Waals surface area (Å²) in [6.07, 6.45) is 0.885. The second kappa shape index (κ2) is 10.2. The lowest BCUT2D eigenvalue weighted by molar-refractivity contribution is 0.0632. The second-order valence-electron chi connectivity index (χ2n) is 7.99. The van der Waals surface area contributed by atoms with Gasteiger partial charge in [0.1, 0.15) is 11.4 Å². The highest BCUT2D eigenvalue weighted by molar-refractivity contribution is 5.94. The van der Waals surface area contributed by atoms with Crippen LogP contribution in [0, 0.1) is 5.92 Å². The van der Waals surface area contributed by atoms with Crippen molar-refractivity contribution >= 4 is 11.8 Å². The molecule has 1 aromatic carbocycles. The number of nitrogens with zero attached hydrogens (tertiary/aromatic N) is 3.